The van der Waals surface area contributed by atoms with Gasteiger partial charge in [0.25, 0.3) is 11.8 Å². The first-order valence-electron chi connectivity index (χ1n) is 17.3. The van der Waals surface area contributed by atoms with Crippen molar-refractivity contribution in [3.05, 3.63) is 131 Å². The molecule has 2 heterocycles. The number of rotatable bonds is 18. The summed E-state index contributed by atoms with van der Waals surface area (Å²) in [7, 11) is 1.96. The Balaban J connectivity index is 0.960. The lowest BCUT2D eigenvalue weighted by Gasteiger charge is -2.22. The van der Waals surface area contributed by atoms with Crippen molar-refractivity contribution in [2.45, 2.75) is 45.4 Å². The summed E-state index contributed by atoms with van der Waals surface area (Å²) in [6.07, 6.45) is 6.04. The van der Waals surface area contributed by atoms with Gasteiger partial charge >= 0.3 is 0 Å². The number of hydrogen-bond acceptors (Lipinski definition) is 6. The summed E-state index contributed by atoms with van der Waals surface area (Å²) in [5, 5.41) is 9.31. The van der Waals surface area contributed by atoms with Gasteiger partial charge in [0, 0.05) is 87.2 Å². The Bertz CT molecular complexity index is 1840. The summed E-state index contributed by atoms with van der Waals surface area (Å²) in [4.78, 5) is 38.3. The third-order valence-corrected chi connectivity index (χ3v) is 8.68. The SMILES string of the molecule is Cc1cccc(C(=O)NCCc2nc(Cc3cccc(C(=O)NCCNCCOCCC(C)(C)c4nc(-c5ccccc5)c[nH]4)c3)cn2C)c1. The van der Waals surface area contributed by atoms with Crippen LogP contribution in [0.25, 0.3) is 11.3 Å². The smallest absolute Gasteiger partial charge is 0.251 e. The molecule has 0 fully saturated rings. The highest BCUT2D eigenvalue weighted by Crippen LogP contribution is 2.27. The normalized spacial score (nSPS) is 11.4. The first-order valence-corrected chi connectivity index (χ1v) is 17.3. The van der Waals surface area contributed by atoms with Crippen LogP contribution < -0.4 is 16.0 Å². The predicted octanol–water partition coefficient (Wildman–Crippen LogP) is 5.39. The Kier molecular flexibility index (Phi) is 12.7. The molecule has 10 heteroatoms. The number of aromatic amines is 1. The number of hydrogen-bond donors (Lipinski definition) is 4. The van der Waals surface area contributed by atoms with Gasteiger partial charge in [0.1, 0.15) is 11.6 Å². The molecule has 2 amide bonds. The zero-order chi connectivity index (χ0) is 35.3. The van der Waals surface area contributed by atoms with Gasteiger partial charge in [0.2, 0.25) is 0 Å². The molecular formula is C40H49N7O3. The van der Waals surface area contributed by atoms with Crippen LogP contribution in [0, 0.1) is 6.92 Å². The van der Waals surface area contributed by atoms with Crippen LogP contribution in [0.3, 0.4) is 0 Å². The zero-order valence-corrected chi connectivity index (χ0v) is 29.6. The molecule has 262 valence electrons. The van der Waals surface area contributed by atoms with Crippen LogP contribution in [0.4, 0.5) is 0 Å². The first kappa shape index (κ1) is 36.2. The van der Waals surface area contributed by atoms with E-state index in [-0.39, 0.29) is 17.2 Å². The molecule has 0 saturated heterocycles. The fourth-order valence-corrected chi connectivity index (χ4v) is 5.71. The average molecular weight is 676 g/mol. The maximum absolute atomic E-state index is 12.8. The number of carbonyl (C=O) groups is 2. The summed E-state index contributed by atoms with van der Waals surface area (Å²) < 4.78 is 7.88. The fourth-order valence-electron chi connectivity index (χ4n) is 5.71. The van der Waals surface area contributed by atoms with E-state index in [0.717, 1.165) is 46.1 Å². The van der Waals surface area contributed by atoms with Gasteiger partial charge in [-0.2, -0.15) is 0 Å². The van der Waals surface area contributed by atoms with Crippen LogP contribution in [0.2, 0.25) is 0 Å². The quantitative estimate of drug-likeness (QED) is 0.0924. The summed E-state index contributed by atoms with van der Waals surface area (Å²) in [5.41, 5.74) is 6.18. The van der Waals surface area contributed by atoms with Crippen LogP contribution in [-0.4, -0.2) is 70.7 Å². The van der Waals surface area contributed by atoms with Crippen LogP contribution in [0.15, 0.2) is 91.3 Å². The maximum atomic E-state index is 12.8. The van der Waals surface area contributed by atoms with Crippen molar-refractivity contribution in [2.24, 2.45) is 7.05 Å². The number of aryl methyl sites for hydroxylation is 2. The molecule has 0 atom stereocenters. The molecule has 0 aliphatic heterocycles. The topological polar surface area (TPSA) is 126 Å². The molecule has 5 rings (SSSR count). The minimum absolute atomic E-state index is 0.0849. The number of nitrogens with zero attached hydrogens (tertiary/aromatic N) is 3. The number of benzene rings is 3. The summed E-state index contributed by atoms with van der Waals surface area (Å²) in [6, 6.07) is 25.4. The molecule has 0 bridgehead atoms. The highest BCUT2D eigenvalue weighted by Gasteiger charge is 2.24. The number of aromatic nitrogens is 4. The van der Waals surface area contributed by atoms with Gasteiger partial charge in [-0.05, 0) is 43.2 Å². The van der Waals surface area contributed by atoms with E-state index < -0.39 is 0 Å². The lowest BCUT2D eigenvalue weighted by atomic mass is 9.89. The molecule has 0 radical (unpaired) electrons. The average Bonchev–Trinajstić information content (AvgIpc) is 3.75. The zero-order valence-electron chi connectivity index (χ0n) is 29.6. The molecule has 0 saturated carbocycles. The number of carbonyl (C=O) groups excluding carboxylic acids is 2. The minimum atomic E-state index is -0.134. The largest absolute Gasteiger partial charge is 0.380 e. The van der Waals surface area contributed by atoms with Crippen molar-refractivity contribution < 1.29 is 14.3 Å². The van der Waals surface area contributed by atoms with Crippen molar-refractivity contribution in [3.8, 4) is 11.3 Å². The molecule has 50 heavy (non-hydrogen) atoms. The van der Waals surface area contributed by atoms with E-state index in [2.05, 4.69) is 46.9 Å². The molecule has 4 N–H and O–H groups in total. The van der Waals surface area contributed by atoms with Gasteiger partial charge in [-0.25, -0.2) is 9.97 Å². The van der Waals surface area contributed by atoms with Gasteiger partial charge in [-0.1, -0.05) is 74.0 Å². The number of nitrogens with one attached hydrogen (secondary N) is 4. The maximum Gasteiger partial charge on any atom is 0.251 e. The molecule has 0 aliphatic rings. The molecule has 2 aromatic heterocycles. The molecule has 10 nitrogen and oxygen atoms in total. The second-order valence-corrected chi connectivity index (χ2v) is 13.3. The molecule has 3 aromatic carbocycles. The van der Waals surface area contributed by atoms with Crippen molar-refractivity contribution in [2.75, 3.05) is 39.4 Å². The Morgan fingerprint density at radius 2 is 1.58 bits per heavy atom. The molecular weight excluding hydrogens is 626 g/mol. The van der Waals surface area contributed by atoms with Crippen LogP contribution in [0.1, 0.15) is 69.5 Å². The van der Waals surface area contributed by atoms with Gasteiger partial charge in [-0.3, -0.25) is 9.59 Å². The molecule has 5 aromatic rings. The minimum Gasteiger partial charge on any atom is -0.380 e. The predicted molar refractivity (Wildman–Crippen MR) is 197 cm³/mol. The molecule has 0 spiro atoms. The van der Waals surface area contributed by atoms with E-state index in [4.69, 9.17) is 14.7 Å². The van der Waals surface area contributed by atoms with Crippen molar-refractivity contribution in [1.29, 1.82) is 0 Å². The van der Waals surface area contributed by atoms with Crippen molar-refractivity contribution in [1.82, 2.24) is 35.5 Å². The van der Waals surface area contributed by atoms with E-state index in [1.54, 1.807) is 0 Å². The highest BCUT2D eigenvalue weighted by molar-refractivity contribution is 5.94. The summed E-state index contributed by atoms with van der Waals surface area (Å²) >= 11 is 0. The molecule has 0 unspecified atom stereocenters. The van der Waals surface area contributed by atoms with Crippen LogP contribution in [-0.2, 0) is 30.0 Å². The van der Waals surface area contributed by atoms with Crippen LogP contribution in [0.5, 0.6) is 0 Å². The Morgan fingerprint density at radius 1 is 0.840 bits per heavy atom. The lowest BCUT2D eigenvalue weighted by molar-refractivity contribution is 0.0945. The van der Waals surface area contributed by atoms with Gasteiger partial charge in [-0.15, -0.1) is 0 Å². The summed E-state index contributed by atoms with van der Waals surface area (Å²) in [5.74, 6) is 1.66. The summed E-state index contributed by atoms with van der Waals surface area (Å²) in [6.45, 7) is 9.92. The van der Waals surface area contributed by atoms with Gasteiger partial charge < -0.3 is 30.2 Å². The van der Waals surface area contributed by atoms with Crippen molar-refractivity contribution in [3.63, 3.8) is 0 Å². The Labute approximate surface area is 295 Å². The van der Waals surface area contributed by atoms with E-state index in [1.807, 2.05) is 97.7 Å². The van der Waals surface area contributed by atoms with Gasteiger partial charge in [0.05, 0.1) is 18.0 Å². The molecule has 0 aliphatic carbocycles. The number of imidazole rings is 2. The van der Waals surface area contributed by atoms with E-state index in [1.165, 1.54) is 0 Å². The fraction of sp³-hybridized carbons (Fsp3) is 0.350. The Morgan fingerprint density at radius 3 is 2.36 bits per heavy atom. The van der Waals surface area contributed by atoms with Crippen LogP contribution >= 0.6 is 0 Å². The Hall–Kier alpha value is -5.06. The lowest BCUT2D eigenvalue weighted by Crippen LogP contribution is -2.33. The van der Waals surface area contributed by atoms with E-state index in [0.29, 0.717) is 63.4 Å². The van der Waals surface area contributed by atoms with E-state index in [9.17, 15) is 9.59 Å². The standard InChI is InChI=1S/C40H49N7O3/c1-29-10-8-14-32(24-29)37(48)42-18-16-36-45-34(28-47(36)4)26-30-11-9-15-33(25-30)38(49)43-20-19-41-21-23-50-22-17-40(2,3)39-44-27-35(46-39)31-12-6-5-7-13-31/h5-15,24-25,27-28,41H,16-23,26H2,1-4H3,(H,42,48)(H,43,49)(H,44,46). The third kappa shape index (κ3) is 10.5. The second-order valence-electron chi connectivity index (χ2n) is 13.3. The number of H-pyrrole nitrogens is 1. The monoisotopic (exact) mass is 675 g/mol. The third-order valence-electron chi connectivity index (χ3n) is 8.68. The highest BCUT2D eigenvalue weighted by atomic mass is 16.5. The van der Waals surface area contributed by atoms with E-state index >= 15 is 0 Å². The second kappa shape index (κ2) is 17.6. The number of amides is 2. The van der Waals surface area contributed by atoms with Crippen molar-refractivity contribution >= 4 is 11.8 Å². The first-order chi connectivity index (χ1) is 24.2. The van der Waals surface area contributed by atoms with Gasteiger partial charge in [0.15, 0.2) is 0 Å². The number of ether oxygens (including phenoxy) is 1.